The Labute approximate surface area is 159 Å². The van der Waals surface area contributed by atoms with Crippen molar-refractivity contribution < 1.29 is 13.2 Å². The zero-order valence-corrected chi connectivity index (χ0v) is 16.3. The van der Waals surface area contributed by atoms with Crippen molar-refractivity contribution in [1.29, 1.82) is 0 Å². The van der Waals surface area contributed by atoms with Crippen molar-refractivity contribution in [1.82, 2.24) is 4.72 Å². The number of aryl methyl sites for hydroxylation is 1. The molecule has 0 aromatic heterocycles. The average Bonchev–Trinajstić information content (AvgIpc) is 2.59. The van der Waals surface area contributed by atoms with Crippen LogP contribution in [0.5, 0.6) is 0 Å². The second kappa shape index (κ2) is 7.39. The van der Waals surface area contributed by atoms with Crippen molar-refractivity contribution in [2.24, 2.45) is 0 Å². The molecule has 138 valence electrons. The molecule has 0 saturated carbocycles. The van der Waals surface area contributed by atoms with E-state index in [-0.39, 0.29) is 16.8 Å². The molecule has 0 atom stereocenters. The Bertz CT molecular complexity index is 924. The van der Waals surface area contributed by atoms with Gasteiger partial charge in [0.1, 0.15) is 0 Å². The van der Waals surface area contributed by atoms with Crippen LogP contribution in [-0.4, -0.2) is 26.9 Å². The Kier molecular flexibility index (Phi) is 5.37. The van der Waals surface area contributed by atoms with Gasteiger partial charge in [0.05, 0.1) is 4.90 Å². The van der Waals surface area contributed by atoms with E-state index in [0.717, 1.165) is 24.1 Å². The summed E-state index contributed by atoms with van der Waals surface area (Å²) in [6, 6.07) is 11.5. The summed E-state index contributed by atoms with van der Waals surface area (Å²) in [5, 5.41) is 0.577. The number of nitrogens with zero attached hydrogens (tertiary/aromatic N) is 1. The summed E-state index contributed by atoms with van der Waals surface area (Å²) >= 11 is 5.89. The van der Waals surface area contributed by atoms with Crippen molar-refractivity contribution in [3.63, 3.8) is 0 Å². The van der Waals surface area contributed by atoms with Crippen molar-refractivity contribution >= 4 is 33.2 Å². The number of carbonyl (C=O) groups excluding carboxylic acids is 1. The van der Waals surface area contributed by atoms with Gasteiger partial charge in [0.2, 0.25) is 10.0 Å². The van der Waals surface area contributed by atoms with Crippen LogP contribution in [0.25, 0.3) is 0 Å². The Balaban J connectivity index is 1.93. The lowest BCUT2D eigenvalue weighted by Gasteiger charge is -2.30. The molecule has 0 radical (unpaired) electrons. The fourth-order valence-corrected chi connectivity index (χ4v) is 4.51. The second-order valence-corrected chi connectivity index (χ2v) is 8.78. The number of rotatable bonds is 4. The number of fused-ring (bicyclic) bond motifs is 1. The van der Waals surface area contributed by atoms with E-state index in [0.29, 0.717) is 17.1 Å². The number of nitrogens with one attached hydrogen (secondary N) is 1. The van der Waals surface area contributed by atoms with Crippen LogP contribution in [0.3, 0.4) is 0 Å². The first-order chi connectivity index (χ1) is 12.3. The van der Waals surface area contributed by atoms with E-state index in [9.17, 15) is 13.2 Å². The minimum Gasteiger partial charge on any atom is -0.308 e. The molecule has 1 amide bonds. The van der Waals surface area contributed by atoms with E-state index in [1.807, 2.05) is 0 Å². The smallest absolute Gasteiger partial charge is 0.258 e. The number of sulfonamides is 1. The Hall–Kier alpha value is -1.89. The molecule has 7 heteroatoms. The fourth-order valence-electron chi connectivity index (χ4n) is 3.08. The number of amides is 1. The van der Waals surface area contributed by atoms with Crippen LogP contribution in [0.2, 0.25) is 5.02 Å². The van der Waals surface area contributed by atoms with Crippen LogP contribution in [0.4, 0.5) is 5.69 Å². The maximum atomic E-state index is 12.9. The lowest BCUT2D eigenvalue weighted by atomic mass is 10.0. The summed E-state index contributed by atoms with van der Waals surface area (Å²) in [6.07, 6.45) is 1.53. The van der Waals surface area contributed by atoms with E-state index in [1.54, 1.807) is 61.2 Å². The molecule has 0 spiro atoms. The van der Waals surface area contributed by atoms with Crippen LogP contribution in [0, 0.1) is 0 Å². The van der Waals surface area contributed by atoms with Gasteiger partial charge in [-0.05, 0) is 74.7 Å². The molecule has 0 aliphatic carbocycles. The summed E-state index contributed by atoms with van der Waals surface area (Å²) in [4.78, 5) is 14.8. The maximum absolute atomic E-state index is 12.9. The SMILES string of the molecule is CC(C)NS(=O)(=O)c1ccc2c(c1)CCCN2C(=O)c1ccc(Cl)cc1. The van der Waals surface area contributed by atoms with Crippen molar-refractivity contribution in [2.75, 3.05) is 11.4 Å². The highest BCUT2D eigenvalue weighted by atomic mass is 35.5. The number of carbonyl (C=O) groups is 1. The molecule has 1 aliphatic rings. The summed E-state index contributed by atoms with van der Waals surface area (Å²) in [6.45, 7) is 4.16. The molecule has 0 fully saturated rings. The Morgan fingerprint density at radius 3 is 2.50 bits per heavy atom. The van der Waals surface area contributed by atoms with Gasteiger partial charge in [-0.3, -0.25) is 4.79 Å². The van der Waals surface area contributed by atoms with E-state index < -0.39 is 10.0 Å². The molecular weight excluding hydrogens is 372 g/mol. The molecule has 2 aromatic rings. The highest BCUT2D eigenvalue weighted by Crippen LogP contribution is 2.30. The van der Waals surface area contributed by atoms with Crippen LogP contribution < -0.4 is 9.62 Å². The predicted molar refractivity (Wildman–Crippen MR) is 103 cm³/mol. The molecule has 1 N–H and O–H groups in total. The molecule has 0 saturated heterocycles. The van der Waals surface area contributed by atoms with Gasteiger partial charge in [-0.1, -0.05) is 11.6 Å². The van der Waals surface area contributed by atoms with Gasteiger partial charge < -0.3 is 4.90 Å². The van der Waals surface area contributed by atoms with Crippen LogP contribution in [-0.2, 0) is 16.4 Å². The van der Waals surface area contributed by atoms with Crippen molar-refractivity contribution in [2.45, 2.75) is 37.6 Å². The first-order valence-corrected chi connectivity index (χ1v) is 10.4. The van der Waals surface area contributed by atoms with Gasteiger partial charge in [-0.25, -0.2) is 13.1 Å². The van der Waals surface area contributed by atoms with Gasteiger partial charge in [0.15, 0.2) is 0 Å². The monoisotopic (exact) mass is 392 g/mol. The topological polar surface area (TPSA) is 66.5 Å². The third-order valence-electron chi connectivity index (χ3n) is 4.21. The lowest BCUT2D eigenvalue weighted by Crippen LogP contribution is -2.36. The molecular formula is C19H21ClN2O3S. The standard InChI is InChI=1S/C19H21ClN2O3S/c1-13(2)21-26(24,25)17-9-10-18-15(12-17)4-3-11-22(18)19(23)14-5-7-16(20)8-6-14/h5-10,12-13,21H,3-4,11H2,1-2H3. The Morgan fingerprint density at radius 1 is 1.15 bits per heavy atom. The number of hydrogen-bond acceptors (Lipinski definition) is 3. The van der Waals surface area contributed by atoms with Crippen LogP contribution in [0.15, 0.2) is 47.4 Å². The molecule has 1 aliphatic heterocycles. The molecule has 0 bridgehead atoms. The van der Waals surface area contributed by atoms with Gasteiger partial charge in [0.25, 0.3) is 5.91 Å². The molecule has 26 heavy (non-hydrogen) atoms. The van der Waals surface area contributed by atoms with E-state index in [2.05, 4.69) is 4.72 Å². The summed E-state index contributed by atoms with van der Waals surface area (Å²) in [7, 11) is -3.56. The molecule has 2 aromatic carbocycles. The largest absolute Gasteiger partial charge is 0.308 e. The van der Waals surface area contributed by atoms with Gasteiger partial charge in [0, 0.05) is 28.9 Å². The minimum atomic E-state index is -3.56. The fraction of sp³-hybridized carbons (Fsp3) is 0.316. The predicted octanol–water partition coefficient (Wildman–Crippen LogP) is 3.62. The lowest BCUT2D eigenvalue weighted by molar-refractivity contribution is 0.0985. The van der Waals surface area contributed by atoms with Gasteiger partial charge >= 0.3 is 0 Å². The highest BCUT2D eigenvalue weighted by Gasteiger charge is 2.25. The first kappa shape index (κ1) is 18.9. The first-order valence-electron chi connectivity index (χ1n) is 8.50. The minimum absolute atomic E-state index is 0.112. The number of halogens is 1. The molecule has 5 nitrogen and oxygen atoms in total. The van der Waals surface area contributed by atoms with E-state index >= 15 is 0 Å². The summed E-state index contributed by atoms with van der Waals surface area (Å²) in [5.74, 6) is -0.112. The normalized spacial score (nSPS) is 14.4. The van der Waals surface area contributed by atoms with Crippen LogP contribution >= 0.6 is 11.6 Å². The molecule has 1 heterocycles. The quantitative estimate of drug-likeness (QED) is 0.864. The summed E-state index contributed by atoms with van der Waals surface area (Å²) in [5.41, 5.74) is 2.19. The number of anilines is 1. The van der Waals surface area contributed by atoms with Crippen molar-refractivity contribution in [3.8, 4) is 0 Å². The van der Waals surface area contributed by atoms with E-state index in [4.69, 9.17) is 11.6 Å². The number of benzene rings is 2. The average molecular weight is 393 g/mol. The molecule has 3 rings (SSSR count). The molecule has 0 unspecified atom stereocenters. The second-order valence-electron chi connectivity index (χ2n) is 6.63. The van der Waals surface area contributed by atoms with Crippen LogP contribution in [0.1, 0.15) is 36.2 Å². The maximum Gasteiger partial charge on any atom is 0.258 e. The zero-order valence-electron chi connectivity index (χ0n) is 14.7. The van der Waals surface area contributed by atoms with Gasteiger partial charge in [-0.2, -0.15) is 0 Å². The van der Waals surface area contributed by atoms with E-state index in [1.165, 1.54) is 0 Å². The highest BCUT2D eigenvalue weighted by molar-refractivity contribution is 7.89. The van der Waals surface area contributed by atoms with Gasteiger partial charge in [-0.15, -0.1) is 0 Å². The summed E-state index contributed by atoms with van der Waals surface area (Å²) < 4.78 is 27.4. The zero-order chi connectivity index (χ0) is 18.9. The third kappa shape index (κ3) is 3.92. The number of hydrogen-bond donors (Lipinski definition) is 1. The third-order valence-corrected chi connectivity index (χ3v) is 6.12. The van der Waals surface area contributed by atoms with Crippen molar-refractivity contribution in [3.05, 3.63) is 58.6 Å². The Morgan fingerprint density at radius 2 is 1.85 bits per heavy atom.